The summed E-state index contributed by atoms with van der Waals surface area (Å²) < 4.78 is 19.4. The lowest BCUT2D eigenvalue weighted by Crippen LogP contribution is -2.15. The maximum atomic E-state index is 13.7. The largest absolute Gasteiger partial charge is 0.377 e. The van der Waals surface area contributed by atoms with Crippen LogP contribution in [0.3, 0.4) is 0 Å². The first-order valence-electron chi connectivity index (χ1n) is 7.52. The van der Waals surface area contributed by atoms with E-state index in [0.717, 1.165) is 18.5 Å². The van der Waals surface area contributed by atoms with Crippen LogP contribution < -0.4 is 5.32 Å². The van der Waals surface area contributed by atoms with E-state index >= 15 is 0 Å². The minimum atomic E-state index is -0.170. The third kappa shape index (κ3) is 5.59. The van der Waals surface area contributed by atoms with Crippen molar-refractivity contribution in [1.29, 1.82) is 0 Å². The highest BCUT2D eigenvalue weighted by Crippen LogP contribution is 2.21. The first kappa shape index (κ1) is 15.5. The minimum Gasteiger partial charge on any atom is -0.377 e. The molecule has 2 rings (SSSR count). The third-order valence-electron chi connectivity index (χ3n) is 3.54. The van der Waals surface area contributed by atoms with Gasteiger partial charge in [-0.25, -0.2) is 4.39 Å². The van der Waals surface area contributed by atoms with Gasteiger partial charge in [0.1, 0.15) is 5.82 Å². The van der Waals surface area contributed by atoms with Crippen molar-refractivity contribution in [3.05, 3.63) is 35.1 Å². The first-order chi connectivity index (χ1) is 9.44. The van der Waals surface area contributed by atoms with Crippen LogP contribution in [0.1, 0.15) is 51.2 Å². The Balaban J connectivity index is 1.80. The molecule has 0 atom stereocenters. The number of hydrogen-bond acceptors (Lipinski definition) is 2. The lowest BCUT2D eigenvalue weighted by Gasteiger charge is -2.17. The minimum absolute atomic E-state index is 0.170. The Kier molecular flexibility index (Phi) is 5.17. The van der Waals surface area contributed by atoms with Crippen LogP contribution in [0.2, 0.25) is 0 Å². The van der Waals surface area contributed by atoms with Crippen LogP contribution in [0.15, 0.2) is 18.2 Å². The molecule has 3 heteroatoms. The fraction of sp³-hybridized carbons (Fsp3) is 0.647. The molecule has 0 aromatic heterocycles. The number of rotatable bonds is 7. The molecule has 1 fully saturated rings. The molecule has 1 aliphatic rings. The van der Waals surface area contributed by atoms with Crippen molar-refractivity contribution < 1.29 is 9.13 Å². The van der Waals surface area contributed by atoms with E-state index in [9.17, 15) is 4.39 Å². The van der Waals surface area contributed by atoms with Gasteiger partial charge in [-0.1, -0.05) is 26.8 Å². The second-order valence-electron chi connectivity index (χ2n) is 6.94. The Labute approximate surface area is 121 Å². The summed E-state index contributed by atoms with van der Waals surface area (Å²) >= 11 is 0. The number of ether oxygens (including phenoxy) is 1. The van der Waals surface area contributed by atoms with Gasteiger partial charge < -0.3 is 10.1 Å². The zero-order valence-electron chi connectivity index (χ0n) is 12.8. The monoisotopic (exact) mass is 279 g/mol. The van der Waals surface area contributed by atoms with Crippen LogP contribution in [0.25, 0.3) is 0 Å². The molecule has 0 radical (unpaired) electrons. The van der Waals surface area contributed by atoms with E-state index < -0.39 is 0 Å². The molecule has 1 saturated carbocycles. The zero-order valence-corrected chi connectivity index (χ0v) is 12.8. The molecule has 1 aromatic carbocycles. The summed E-state index contributed by atoms with van der Waals surface area (Å²) in [6.07, 6.45) is 3.52. The summed E-state index contributed by atoms with van der Waals surface area (Å²) in [6, 6.07) is 5.99. The van der Waals surface area contributed by atoms with Crippen LogP contribution in [-0.4, -0.2) is 12.6 Å². The van der Waals surface area contributed by atoms with E-state index in [0.29, 0.717) is 24.8 Å². The van der Waals surface area contributed by atoms with Gasteiger partial charge in [0.15, 0.2) is 0 Å². The highest BCUT2D eigenvalue weighted by molar-refractivity contribution is 5.24. The lowest BCUT2D eigenvalue weighted by atomic mass is 9.93. The van der Waals surface area contributed by atoms with E-state index in [4.69, 9.17) is 4.74 Å². The van der Waals surface area contributed by atoms with Crippen molar-refractivity contribution in [2.75, 3.05) is 6.61 Å². The first-order valence-corrected chi connectivity index (χ1v) is 7.52. The zero-order chi connectivity index (χ0) is 14.6. The average Bonchev–Trinajstić information content (AvgIpc) is 3.18. The van der Waals surface area contributed by atoms with Gasteiger partial charge in [0.05, 0.1) is 6.61 Å². The smallest absolute Gasteiger partial charge is 0.128 e. The third-order valence-corrected chi connectivity index (χ3v) is 3.54. The number of nitrogens with one attached hydrogen (secondary N) is 1. The summed E-state index contributed by atoms with van der Waals surface area (Å²) in [5, 5.41) is 3.44. The lowest BCUT2D eigenvalue weighted by molar-refractivity contribution is 0.0943. The second kappa shape index (κ2) is 6.68. The van der Waals surface area contributed by atoms with Crippen molar-refractivity contribution in [3.63, 3.8) is 0 Å². The molecule has 1 N–H and O–H groups in total. The Morgan fingerprint density at radius 2 is 2.05 bits per heavy atom. The standard InChI is InChI=1S/C17H26FNO/c1-17(2,3)8-9-20-12-14-10-13(4-7-16(14)18)11-19-15-5-6-15/h4,7,10,15,19H,5-6,8-9,11-12H2,1-3H3. The van der Waals surface area contributed by atoms with Gasteiger partial charge in [0.25, 0.3) is 0 Å². The highest BCUT2D eigenvalue weighted by Gasteiger charge is 2.20. The molecule has 112 valence electrons. The summed E-state index contributed by atoms with van der Waals surface area (Å²) in [7, 11) is 0. The van der Waals surface area contributed by atoms with E-state index in [-0.39, 0.29) is 11.2 Å². The van der Waals surface area contributed by atoms with E-state index in [1.165, 1.54) is 12.8 Å². The second-order valence-corrected chi connectivity index (χ2v) is 6.94. The van der Waals surface area contributed by atoms with Crippen molar-refractivity contribution in [3.8, 4) is 0 Å². The Hall–Kier alpha value is -0.930. The van der Waals surface area contributed by atoms with Gasteiger partial charge in [-0.2, -0.15) is 0 Å². The Morgan fingerprint density at radius 1 is 1.30 bits per heavy atom. The van der Waals surface area contributed by atoms with E-state index in [2.05, 4.69) is 26.1 Å². The predicted molar refractivity (Wildman–Crippen MR) is 80.0 cm³/mol. The molecule has 1 aliphatic carbocycles. The molecule has 0 heterocycles. The molecule has 0 spiro atoms. The molecule has 0 saturated heterocycles. The maximum absolute atomic E-state index is 13.7. The van der Waals surface area contributed by atoms with Crippen LogP contribution in [0.4, 0.5) is 4.39 Å². The number of benzene rings is 1. The predicted octanol–water partition coefficient (Wildman–Crippen LogP) is 4.03. The molecule has 0 amide bonds. The molecule has 1 aromatic rings. The molecule has 2 nitrogen and oxygen atoms in total. The summed E-state index contributed by atoms with van der Waals surface area (Å²) in [5.41, 5.74) is 2.05. The SMILES string of the molecule is CC(C)(C)CCOCc1cc(CNC2CC2)ccc1F. The van der Waals surface area contributed by atoms with Gasteiger partial charge in [0.2, 0.25) is 0 Å². The molecular weight excluding hydrogens is 253 g/mol. The van der Waals surface area contributed by atoms with E-state index in [1.807, 2.05) is 12.1 Å². The Morgan fingerprint density at radius 3 is 2.70 bits per heavy atom. The van der Waals surface area contributed by atoms with Crippen molar-refractivity contribution in [2.45, 2.75) is 59.2 Å². The fourth-order valence-corrected chi connectivity index (χ4v) is 1.96. The molecule has 20 heavy (non-hydrogen) atoms. The van der Waals surface area contributed by atoms with E-state index in [1.54, 1.807) is 6.07 Å². The van der Waals surface area contributed by atoms with Gasteiger partial charge >= 0.3 is 0 Å². The van der Waals surface area contributed by atoms with Gasteiger partial charge in [-0.05, 0) is 42.4 Å². The van der Waals surface area contributed by atoms with Crippen LogP contribution in [-0.2, 0) is 17.9 Å². The highest BCUT2D eigenvalue weighted by atomic mass is 19.1. The number of hydrogen-bond donors (Lipinski definition) is 1. The van der Waals surface area contributed by atoms with Crippen LogP contribution in [0, 0.1) is 11.2 Å². The summed E-state index contributed by atoms with van der Waals surface area (Å²) in [4.78, 5) is 0. The molecule has 0 aliphatic heterocycles. The molecule has 0 bridgehead atoms. The molecular formula is C17H26FNO. The average molecular weight is 279 g/mol. The van der Waals surface area contributed by atoms with Crippen molar-refractivity contribution in [1.82, 2.24) is 5.32 Å². The summed E-state index contributed by atoms with van der Waals surface area (Å²) in [6.45, 7) is 8.40. The van der Waals surface area contributed by atoms with Gasteiger partial charge in [-0.15, -0.1) is 0 Å². The van der Waals surface area contributed by atoms with Gasteiger partial charge in [-0.3, -0.25) is 0 Å². The molecule has 0 unspecified atom stereocenters. The van der Waals surface area contributed by atoms with Crippen molar-refractivity contribution >= 4 is 0 Å². The van der Waals surface area contributed by atoms with Crippen LogP contribution >= 0.6 is 0 Å². The number of halogens is 1. The quantitative estimate of drug-likeness (QED) is 0.761. The maximum Gasteiger partial charge on any atom is 0.128 e. The van der Waals surface area contributed by atoms with Crippen molar-refractivity contribution in [2.24, 2.45) is 5.41 Å². The normalized spacial score (nSPS) is 15.6. The van der Waals surface area contributed by atoms with Gasteiger partial charge in [0, 0.05) is 24.8 Å². The topological polar surface area (TPSA) is 21.3 Å². The fourth-order valence-electron chi connectivity index (χ4n) is 1.96. The van der Waals surface area contributed by atoms with Crippen LogP contribution in [0.5, 0.6) is 0 Å². The Bertz CT molecular complexity index is 435. The summed E-state index contributed by atoms with van der Waals surface area (Å²) in [5.74, 6) is -0.170.